The summed E-state index contributed by atoms with van der Waals surface area (Å²) in [6.07, 6.45) is 5.11. The Balaban J connectivity index is 0.899. The lowest BCUT2D eigenvalue weighted by molar-refractivity contribution is -0.143. The van der Waals surface area contributed by atoms with E-state index in [1.807, 2.05) is 43.1 Å². The van der Waals surface area contributed by atoms with Gasteiger partial charge in [-0.2, -0.15) is 0 Å². The van der Waals surface area contributed by atoms with Crippen LogP contribution in [-0.4, -0.2) is 92.3 Å². The fraction of sp³-hybridized carbons (Fsp3) is 0.346. The average Bonchev–Trinajstić information content (AvgIpc) is 4.15. The molecule has 1 aromatic heterocycles. The number of nitrogens with one attached hydrogen (secondary N) is 3. The Hall–Kier alpha value is -6.86. The molecular weight excluding hydrogens is 819 g/mol. The predicted molar refractivity (Wildman–Crippen MR) is 251 cm³/mol. The topological polar surface area (TPSA) is 169 Å². The van der Waals surface area contributed by atoms with Crippen LogP contribution in [0.4, 0.5) is 10.5 Å². The van der Waals surface area contributed by atoms with Gasteiger partial charge in [-0.15, -0.1) is 0 Å². The molecule has 3 aliphatic heterocycles. The SMILES string of the molecule is COC(=O)N[C@H](C(=O)N1CCC[C@H]1C1=Nc2ccc3cc(-c4ccc5cc(-c6cnc([C@@H]7CCCN7C(=O)[C@H](NC(=O)C(C)(C)O)c7ccccc7)[nH]6)ccc5c4)ccc3c2C1)C(C)C. The quantitative estimate of drug-likeness (QED) is 0.101. The van der Waals surface area contributed by atoms with Crippen LogP contribution in [0.5, 0.6) is 0 Å². The van der Waals surface area contributed by atoms with Gasteiger partial charge in [-0.25, -0.2) is 9.78 Å². The molecule has 65 heavy (non-hydrogen) atoms. The number of nitrogens with zero attached hydrogens (tertiary/aromatic N) is 4. The van der Waals surface area contributed by atoms with Gasteiger partial charge < -0.3 is 35.3 Å². The number of aliphatic hydroxyl groups is 1. The summed E-state index contributed by atoms with van der Waals surface area (Å²) in [6, 6.07) is 30.7. The molecule has 3 aliphatic rings. The highest BCUT2D eigenvalue weighted by Gasteiger charge is 2.40. The molecule has 0 bridgehead atoms. The second-order valence-electron chi connectivity index (χ2n) is 18.4. The highest BCUT2D eigenvalue weighted by molar-refractivity contribution is 6.06. The highest BCUT2D eigenvalue weighted by atomic mass is 16.5. The number of methoxy groups -OCH3 is 1. The van der Waals surface area contributed by atoms with Crippen LogP contribution in [-0.2, 0) is 25.5 Å². The minimum absolute atomic E-state index is 0.0964. The number of ether oxygens (including phenoxy) is 1. The fourth-order valence-electron chi connectivity index (χ4n) is 9.64. The van der Waals surface area contributed by atoms with Gasteiger partial charge in [-0.1, -0.05) is 86.6 Å². The molecule has 9 rings (SSSR count). The molecule has 0 unspecified atom stereocenters. The van der Waals surface area contributed by atoms with Crippen molar-refractivity contribution in [3.8, 4) is 22.4 Å². The molecule has 5 aromatic carbocycles. The van der Waals surface area contributed by atoms with Gasteiger partial charge in [-0.3, -0.25) is 19.4 Å². The monoisotopic (exact) mass is 873 g/mol. The van der Waals surface area contributed by atoms with E-state index in [9.17, 15) is 24.3 Å². The molecule has 334 valence electrons. The van der Waals surface area contributed by atoms with Crippen molar-refractivity contribution in [1.82, 2.24) is 30.4 Å². The van der Waals surface area contributed by atoms with Crippen LogP contribution in [0.25, 0.3) is 43.9 Å². The van der Waals surface area contributed by atoms with Crippen molar-refractivity contribution < 1.29 is 29.0 Å². The number of amides is 4. The number of fused-ring (bicyclic) bond motifs is 4. The van der Waals surface area contributed by atoms with Crippen molar-refractivity contribution in [2.75, 3.05) is 20.2 Å². The zero-order valence-electron chi connectivity index (χ0n) is 37.4. The van der Waals surface area contributed by atoms with Gasteiger partial charge >= 0.3 is 6.09 Å². The number of imidazole rings is 1. The molecule has 6 aromatic rings. The van der Waals surface area contributed by atoms with Gasteiger partial charge in [0.2, 0.25) is 11.8 Å². The number of carbonyl (C=O) groups excluding carboxylic acids is 4. The first kappa shape index (κ1) is 43.4. The van der Waals surface area contributed by atoms with E-state index in [4.69, 9.17) is 14.7 Å². The molecule has 2 fully saturated rings. The smallest absolute Gasteiger partial charge is 0.407 e. The first-order valence-electron chi connectivity index (χ1n) is 22.5. The minimum atomic E-state index is -1.65. The Labute approximate surface area is 378 Å². The van der Waals surface area contributed by atoms with Gasteiger partial charge in [0.05, 0.1) is 36.8 Å². The third-order valence-electron chi connectivity index (χ3n) is 13.2. The fourth-order valence-corrected chi connectivity index (χ4v) is 9.64. The number of hydrogen-bond donors (Lipinski definition) is 4. The molecule has 13 heteroatoms. The molecule has 4 amide bonds. The van der Waals surface area contributed by atoms with E-state index in [-0.39, 0.29) is 29.8 Å². The summed E-state index contributed by atoms with van der Waals surface area (Å²) in [7, 11) is 1.30. The zero-order valence-corrected chi connectivity index (χ0v) is 37.4. The zero-order chi connectivity index (χ0) is 45.6. The van der Waals surface area contributed by atoms with Gasteiger partial charge in [0.25, 0.3) is 5.91 Å². The predicted octanol–water partition coefficient (Wildman–Crippen LogP) is 8.34. The van der Waals surface area contributed by atoms with Gasteiger partial charge in [0.15, 0.2) is 0 Å². The van der Waals surface area contributed by atoms with Crippen molar-refractivity contribution in [2.45, 2.75) is 89.6 Å². The largest absolute Gasteiger partial charge is 0.453 e. The van der Waals surface area contributed by atoms with Crippen molar-refractivity contribution in [3.63, 3.8) is 0 Å². The Kier molecular flexibility index (Phi) is 11.8. The van der Waals surface area contributed by atoms with Crippen molar-refractivity contribution in [2.24, 2.45) is 10.9 Å². The number of aliphatic imine (C=N–C) groups is 1. The molecule has 4 heterocycles. The third kappa shape index (κ3) is 8.60. The van der Waals surface area contributed by atoms with E-state index in [1.54, 1.807) is 17.0 Å². The Morgan fingerprint density at radius 3 is 2.11 bits per heavy atom. The molecule has 4 atom stereocenters. The number of aromatic amines is 1. The Morgan fingerprint density at radius 1 is 0.785 bits per heavy atom. The number of alkyl carbamates (subject to hydrolysis) is 1. The molecule has 0 aliphatic carbocycles. The first-order valence-corrected chi connectivity index (χ1v) is 22.5. The van der Waals surface area contributed by atoms with Crippen LogP contribution in [0.3, 0.4) is 0 Å². The van der Waals surface area contributed by atoms with Crippen LogP contribution in [0.2, 0.25) is 0 Å². The number of carbonyl (C=O) groups is 4. The summed E-state index contributed by atoms with van der Waals surface area (Å²) < 4.78 is 4.81. The molecule has 4 N–H and O–H groups in total. The first-order chi connectivity index (χ1) is 31.3. The number of H-pyrrole nitrogens is 1. The number of benzene rings is 5. The number of aromatic nitrogens is 2. The van der Waals surface area contributed by atoms with Gasteiger partial charge in [0, 0.05) is 30.8 Å². The van der Waals surface area contributed by atoms with Gasteiger partial charge in [-0.05, 0) is 114 Å². The molecule has 13 nitrogen and oxygen atoms in total. The van der Waals surface area contributed by atoms with E-state index in [1.165, 1.54) is 26.5 Å². The maximum atomic E-state index is 14.2. The Morgan fingerprint density at radius 2 is 1.42 bits per heavy atom. The second-order valence-corrected chi connectivity index (χ2v) is 18.4. The lowest BCUT2D eigenvalue weighted by atomic mass is 9.94. The Bertz CT molecular complexity index is 2850. The number of hydrogen-bond acceptors (Lipinski definition) is 8. The molecular formula is C52H55N7O6. The van der Waals surface area contributed by atoms with Crippen molar-refractivity contribution in [1.29, 1.82) is 0 Å². The summed E-state index contributed by atoms with van der Waals surface area (Å²) >= 11 is 0. The third-order valence-corrected chi connectivity index (χ3v) is 13.2. The van der Waals surface area contributed by atoms with Crippen LogP contribution < -0.4 is 10.6 Å². The van der Waals surface area contributed by atoms with E-state index < -0.39 is 29.7 Å². The standard InChI is InChI=1S/C52H55N7O6/c1-30(2)45(57-51(63)65-5)48(60)58-23-9-13-43(58)41-28-39-38-21-19-35(26-36(38)20-22-40(39)54-41)32-15-16-34-27-37(18-17-33(34)25-32)42-29-53-47(55-42)44-14-10-24-59(44)49(61)46(31-11-7-6-8-12-31)56-50(62)52(3,4)64/h6-8,11-12,15-22,25-27,29-30,43-46,64H,9-10,13-14,23-24,28H2,1-5H3,(H,53,55)(H,56,62)(H,57,63)/t43-,44-,45-,46+/m0/s1. The summed E-state index contributed by atoms with van der Waals surface area (Å²) in [5, 5.41) is 20.4. The maximum Gasteiger partial charge on any atom is 0.407 e. The number of likely N-dealkylation sites (tertiary alicyclic amines) is 2. The van der Waals surface area contributed by atoms with Crippen molar-refractivity contribution in [3.05, 3.63) is 120 Å². The van der Waals surface area contributed by atoms with Crippen LogP contribution >= 0.6 is 0 Å². The van der Waals surface area contributed by atoms with E-state index in [2.05, 4.69) is 82.3 Å². The van der Waals surface area contributed by atoms with Crippen LogP contribution in [0, 0.1) is 5.92 Å². The summed E-state index contributed by atoms with van der Waals surface area (Å²) in [6.45, 7) is 7.80. The van der Waals surface area contributed by atoms with E-state index >= 15 is 0 Å². The van der Waals surface area contributed by atoms with E-state index in [0.717, 1.165) is 81.0 Å². The average molecular weight is 874 g/mol. The molecule has 0 saturated carbocycles. The molecule has 0 spiro atoms. The van der Waals surface area contributed by atoms with Gasteiger partial charge in [0.1, 0.15) is 23.5 Å². The van der Waals surface area contributed by atoms with Crippen LogP contribution in [0.15, 0.2) is 108 Å². The van der Waals surface area contributed by atoms with Crippen molar-refractivity contribution >= 4 is 56.8 Å². The lowest BCUT2D eigenvalue weighted by Crippen LogP contribution is -2.53. The highest BCUT2D eigenvalue weighted by Crippen LogP contribution is 2.39. The summed E-state index contributed by atoms with van der Waals surface area (Å²) in [5.74, 6) is -0.380. The summed E-state index contributed by atoms with van der Waals surface area (Å²) in [5.41, 5.74) is 6.13. The maximum absolute atomic E-state index is 14.2. The number of rotatable bonds is 11. The normalized spacial score (nSPS) is 18.2. The van der Waals surface area contributed by atoms with Crippen LogP contribution in [0.1, 0.15) is 82.4 Å². The molecule has 2 saturated heterocycles. The lowest BCUT2D eigenvalue weighted by Gasteiger charge is -2.30. The molecule has 0 radical (unpaired) electrons. The second kappa shape index (κ2) is 17.6. The summed E-state index contributed by atoms with van der Waals surface area (Å²) in [4.78, 5) is 69.9. The minimum Gasteiger partial charge on any atom is -0.453 e. The van der Waals surface area contributed by atoms with E-state index in [0.29, 0.717) is 30.9 Å².